The number of amides is 1. The van der Waals surface area contributed by atoms with E-state index in [1.54, 1.807) is 11.3 Å². The van der Waals surface area contributed by atoms with Gasteiger partial charge in [0.05, 0.1) is 11.1 Å². The predicted octanol–water partition coefficient (Wildman–Crippen LogP) is 2.58. The zero-order chi connectivity index (χ0) is 16.9. The molecule has 0 bridgehead atoms. The highest BCUT2D eigenvalue weighted by molar-refractivity contribution is 7.89. The number of nitrogens with zero attached hydrogens (tertiary/aromatic N) is 1. The maximum absolute atomic E-state index is 12.1. The molecular weight excluding hydrogens is 334 g/mol. The maximum Gasteiger partial charge on any atom is 0.276 e. The summed E-state index contributed by atoms with van der Waals surface area (Å²) in [7, 11) is -3.73. The SMILES string of the molecule is CCc1ccc(C=NNS(=O)(=O)c2ccc(NC(C)=O)cc2)s1. The Morgan fingerprint density at radius 1 is 1.22 bits per heavy atom. The first-order valence-electron chi connectivity index (χ1n) is 6.92. The van der Waals surface area contributed by atoms with Gasteiger partial charge in [0.15, 0.2) is 0 Å². The van der Waals surface area contributed by atoms with Crippen molar-refractivity contribution in [2.24, 2.45) is 5.10 Å². The monoisotopic (exact) mass is 351 g/mol. The number of rotatable bonds is 6. The number of nitrogens with one attached hydrogen (secondary N) is 2. The lowest BCUT2D eigenvalue weighted by Gasteiger charge is -2.05. The van der Waals surface area contributed by atoms with Crippen LogP contribution in [0.3, 0.4) is 0 Å². The van der Waals surface area contributed by atoms with E-state index in [1.807, 2.05) is 12.1 Å². The minimum absolute atomic E-state index is 0.0733. The molecule has 0 aliphatic carbocycles. The Hall–Kier alpha value is -2.19. The molecule has 0 unspecified atom stereocenters. The van der Waals surface area contributed by atoms with Crippen LogP contribution in [0.2, 0.25) is 0 Å². The van der Waals surface area contributed by atoms with E-state index in [4.69, 9.17) is 0 Å². The number of carbonyl (C=O) groups excluding carboxylic acids is 1. The third-order valence-corrected chi connectivity index (χ3v) is 5.28. The largest absolute Gasteiger partial charge is 0.326 e. The molecule has 0 saturated heterocycles. The number of benzene rings is 1. The number of anilines is 1. The molecule has 0 atom stereocenters. The second-order valence-corrected chi connectivity index (χ2v) is 7.58. The summed E-state index contributed by atoms with van der Waals surface area (Å²) in [5.41, 5.74) is 0.533. The Balaban J connectivity index is 2.04. The van der Waals surface area contributed by atoms with Gasteiger partial charge in [0, 0.05) is 22.4 Å². The molecule has 0 aliphatic rings. The number of aryl methyl sites for hydroxylation is 1. The molecule has 6 nitrogen and oxygen atoms in total. The first kappa shape index (κ1) is 17.2. The quantitative estimate of drug-likeness (QED) is 0.619. The van der Waals surface area contributed by atoms with Crippen LogP contribution in [0.25, 0.3) is 0 Å². The van der Waals surface area contributed by atoms with E-state index in [-0.39, 0.29) is 10.8 Å². The highest BCUT2D eigenvalue weighted by atomic mass is 32.2. The van der Waals surface area contributed by atoms with Crippen molar-refractivity contribution in [2.75, 3.05) is 5.32 Å². The number of hydrogen-bond acceptors (Lipinski definition) is 5. The van der Waals surface area contributed by atoms with Gasteiger partial charge in [-0.25, -0.2) is 4.83 Å². The van der Waals surface area contributed by atoms with E-state index in [1.165, 1.54) is 42.3 Å². The van der Waals surface area contributed by atoms with Crippen LogP contribution in [0, 0.1) is 0 Å². The van der Waals surface area contributed by atoms with Gasteiger partial charge in [-0.15, -0.1) is 11.3 Å². The molecule has 23 heavy (non-hydrogen) atoms. The highest BCUT2D eigenvalue weighted by Gasteiger charge is 2.12. The smallest absolute Gasteiger partial charge is 0.276 e. The number of thiophene rings is 1. The van der Waals surface area contributed by atoms with E-state index in [9.17, 15) is 13.2 Å². The third-order valence-electron chi connectivity index (χ3n) is 2.88. The summed E-state index contributed by atoms with van der Waals surface area (Å²) in [6.07, 6.45) is 2.41. The molecule has 2 N–H and O–H groups in total. The first-order chi connectivity index (χ1) is 10.9. The molecule has 1 aromatic heterocycles. The lowest BCUT2D eigenvalue weighted by atomic mass is 10.3. The van der Waals surface area contributed by atoms with Crippen molar-refractivity contribution in [3.8, 4) is 0 Å². The molecule has 122 valence electrons. The number of hydrogen-bond donors (Lipinski definition) is 2. The molecule has 2 aromatic rings. The second kappa shape index (κ2) is 7.38. The Morgan fingerprint density at radius 3 is 2.48 bits per heavy atom. The molecule has 0 radical (unpaired) electrons. The van der Waals surface area contributed by atoms with E-state index >= 15 is 0 Å². The predicted molar refractivity (Wildman–Crippen MR) is 92.4 cm³/mol. The lowest BCUT2D eigenvalue weighted by molar-refractivity contribution is -0.114. The van der Waals surface area contributed by atoms with Gasteiger partial charge >= 0.3 is 0 Å². The van der Waals surface area contributed by atoms with Crippen molar-refractivity contribution in [1.82, 2.24) is 4.83 Å². The van der Waals surface area contributed by atoms with Crippen LogP contribution in [0.5, 0.6) is 0 Å². The normalized spacial score (nSPS) is 11.6. The fraction of sp³-hybridized carbons (Fsp3) is 0.200. The van der Waals surface area contributed by atoms with Crippen LogP contribution in [0.4, 0.5) is 5.69 Å². The van der Waals surface area contributed by atoms with Crippen molar-refractivity contribution in [3.63, 3.8) is 0 Å². The zero-order valence-electron chi connectivity index (χ0n) is 12.7. The summed E-state index contributed by atoms with van der Waals surface area (Å²) in [5, 5.41) is 6.36. The maximum atomic E-state index is 12.1. The minimum atomic E-state index is -3.73. The van der Waals surface area contributed by atoms with Gasteiger partial charge < -0.3 is 5.32 Å². The Kier molecular flexibility index (Phi) is 5.51. The zero-order valence-corrected chi connectivity index (χ0v) is 14.4. The Labute approximate surface area is 139 Å². The Bertz CT molecular complexity index is 809. The van der Waals surface area contributed by atoms with Crippen LogP contribution in [-0.2, 0) is 21.2 Å². The Morgan fingerprint density at radius 2 is 1.91 bits per heavy atom. The number of carbonyl (C=O) groups is 1. The summed E-state index contributed by atoms with van der Waals surface area (Å²) in [5.74, 6) is -0.217. The van der Waals surface area contributed by atoms with Crippen molar-refractivity contribution in [3.05, 3.63) is 46.2 Å². The van der Waals surface area contributed by atoms with Gasteiger partial charge in [0.2, 0.25) is 5.91 Å². The number of hydrazone groups is 1. The summed E-state index contributed by atoms with van der Waals surface area (Å²) < 4.78 is 24.2. The van der Waals surface area contributed by atoms with Crippen LogP contribution in [-0.4, -0.2) is 20.5 Å². The molecule has 1 aromatic carbocycles. The van der Waals surface area contributed by atoms with Gasteiger partial charge in [-0.1, -0.05) is 6.92 Å². The molecule has 0 saturated carbocycles. The third kappa shape index (κ3) is 4.90. The van der Waals surface area contributed by atoms with Gasteiger partial charge in [-0.2, -0.15) is 13.5 Å². The van der Waals surface area contributed by atoms with Gasteiger partial charge in [0.1, 0.15) is 0 Å². The molecule has 1 amide bonds. The summed E-state index contributed by atoms with van der Waals surface area (Å²) in [6.45, 7) is 3.44. The molecule has 1 heterocycles. The van der Waals surface area contributed by atoms with Crippen LogP contribution in [0.1, 0.15) is 23.6 Å². The molecule has 8 heteroatoms. The summed E-state index contributed by atoms with van der Waals surface area (Å²) in [4.78, 5) is 15.3. The second-order valence-electron chi connectivity index (χ2n) is 4.72. The van der Waals surface area contributed by atoms with Gasteiger partial charge in [-0.05, 0) is 42.8 Å². The number of sulfonamides is 1. The molecule has 2 rings (SSSR count). The van der Waals surface area contributed by atoms with Crippen LogP contribution < -0.4 is 10.1 Å². The van der Waals surface area contributed by atoms with Crippen LogP contribution in [0.15, 0.2) is 46.4 Å². The van der Waals surface area contributed by atoms with Crippen molar-refractivity contribution in [1.29, 1.82) is 0 Å². The lowest BCUT2D eigenvalue weighted by Crippen LogP contribution is -2.18. The van der Waals surface area contributed by atoms with Crippen LogP contribution >= 0.6 is 11.3 Å². The fourth-order valence-electron chi connectivity index (χ4n) is 1.79. The van der Waals surface area contributed by atoms with Gasteiger partial charge in [0.25, 0.3) is 10.0 Å². The topological polar surface area (TPSA) is 87.6 Å². The first-order valence-corrected chi connectivity index (χ1v) is 9.22. The van der Waals surface area contributed by atoms with Crippen molar-refractivity contribution < 1.29 is 13.2 Å². The molecular formula is C15H17N3O3S2. The van der Waals surface area contributed by atoms with E-state index in [0.717, 1.165) is 11.3 Å². The van der Waals surface area contributed by atoms with E-state index in [2.05, 4.69) is 22.2 Å². The summed E-state index contributed by atoms with van der Waals surface area (Å²) >= 11 is 1.56. The molecule has 0 fully saturated rings. The fourth-order valence-corrected chi connectivity index (χ4v) is 3.40. The molecule has 0 spiro atoms. The minimum Gasteiger partial charge on any atom is -0.326 e. The van der Waals surface area contributed by atoms with Crippen molar-refractivity contribution in [2.45, 2.75) is 25.2 Å². The van der Waals surface area contributed by atoms with Crippen molar-refractivity contribution >= 4 is 39.2 Å². The van der Waals surface area contributed by atoms with Gasteiger partial charge in [-0.3, -0.25) is 4.79 Å². The van der Waals surface area contributed by atoms with E-state index in [0.29, 0.717) is 5.69 Å². The standard InChI is InChI=1S/C15H17N3O3S2/c1-3-13-6-7-14(22-13)10-16-18-23(20,21)15-8-4-12(5-9-15)17-11(2)19/h4-10,18H,3H2,1-2H3,(H,17,19). The average molecular weight is 351 g/mol. The molecule has 0 aliphatic heterocycles. The average Bonchev–Trinajstić information content (AvgIpc) is 2.95. The highest BCUT2D eigenvalue weighted by Crippen LogP contribution is 2.16. The van der Waals surface area contributed by atoms with E-state index < -0.39 is 10.0 Å². The summed E-state index contributed by atoms with van der Waals surface area (Å²) in [6, 6.07) is 9.73.